The van der Waals surface area contributed by atoms with Gasteiger partial charge in [0, 0.05) is 37.5 Å². The van der Waals surface area contributed by atoms with Gasteiger partial charge >= 0.3 is 0 Å². The third-order valence-electron chi connectivity index (χ3n) is 5.23. The molecule has 3 heterocycles. The highest BCUT2D eigenvalue weighted by atomic mass is 32.1. The summed E-state index contributed by atoms with van der Waals surface area (Å²) in [7, 11) is 1.61. The number of likely N-dealkylation sites (tertiary alicyclic amines) is 2. The first kappa shape index (κ1) is 17.4. The maximum absolute atomic E-state index is 12.4. The summed E-state index contributed by atoms with van der Waals surface area (Å²) in [5.41, 5.74) is 0.887. The second-order valence-corrected chi connectivity index (χ2v) is 7.75. The van der Waals surface area contributed by atoms with Crippen molar-refractivity contribution in [1.29, 1.82) is 0 Å². The minimum absolute atomic E-state index is 0.0906. The highest BCUT2D eigenvalue weighted by molar-refractivity contribution is 7.09. The van der Waals surface area contributed by atoms with Crippen LogP contribution in [0.3, 0.4) is 0 Å². The Hall–Kier alpha value is -1.47. The topological polar surface area (TPSA) is 62.7 Å². The van der Waals surface area contributed by atoms with E-state index in [1.54, 1.807) is 18.4 Å². The van der Waals surface area contributed by atoms with Crippen LogP contribution in [-0.4, -0.2) is 58.9 Å². The van der Waals surface area contributed by atoms with E-state index in [-0.39, 0.29) is 17.4 Å². The number of amides is 2. The second kappa shape index (κ2) is 7.19. The molecular formula is C17H25N3O3S. The predicted molar refractivity (Wildman–Crippen MR) is 91.7 cm³/mol. The molecule has 6 nitrogen and oxygen atoms in total. The Morgan fingerprint density at radius 1 is 1.38 bits per heavy atom. The molecule has 132 valence electrons. The molecule has 7 heteroatoms. The van der Waals surface area contributed by atoms with Gasteiger partial charge < -0.3 is 14.5 Å². The molecule has 2 saturated heterocycles. The third kappa shape index (κ3) is 3.47. The molecule has 0 radical (unpaired) electrons. The molecule has 2 fully saturated rings. The molecule has 0 bridgehead atoms. The average Bonchev–Trinajstić information content (AvgIpc) is 3.12. The molecule has 0 aliphatic carbocycles. The van der Waals surface area contributed by atoms with Gasteiger partial charge in [-0.2, -0.15) is 0 Å². The van der Waals surface area contributed by atoms with Crippen molar-refractivity contribution in [2.24, 2.45) is 0 Å². The largest absolute Gasteiger partial charge is 0.384 e. The highest BCUT2D eigenvalue weighted by Gasteiger charge is 2.47. The van der Waals surface area contributed by atoms with E-state index in [1.807, 2.05) is 22.1 Å². The van der Waals surface area contributed by atoms with E-state index in [9.17, 15) is 9.59 Å². The molecule has 1 spiro atoms. The molecule has 0 saturated carbocycles. The van der Waals surface area contributed by atoms with E-state index in [2.05, 4.69) is 4.98 Å². The molecule has 2 aliphatic heterocycles. The van der Waals surface area contributed by atoms with E-state index in [0.29, 0.717) is 26.0 Å². The maximum atomic E-state index is 12.4. The number of nitrogens with zero attached hydrogens (tertiary/aromatic N) is 3. The predicted octanol–water partition coefficient (Wildman–Crippen LogP) is 1.97. The number of rotatable bonds is 5. The molecule has 0 atom stereocenters. The minimum atomic E-state index is -0.0906. The molecule has 2 amide bonds. The zero-order valence-electron chi connectivity index (χ0n) is 14.4. The van der Waals surface area contributed by atoms with Crippen LogP contribution < -0.4 is 0 Å². The SMILES string of the molecule is COCCC(=O)N1CCC2(CCC(=O)N2Cc2csc(C)n2)CC1. The maximum Gasteiger partial charge on any atom is 0.224 e. The Balaban J connectivity index is 1.64. The van der Waals surface area contributed by atoms with Crippen molar-refractivity contribution in [2.45, 2.75) is 51.1 Å². The summed E-state index contributed by atoms with van der Waals surface area (Å²) in [6.07, 6.45) is 3.67. The number of aryl methyl sites for hydroxylation is 1. The number of carbonyl (C=O) groups is 2. The summed E-state index contributed by atoms with van der Waals surface area (Å²) in [6.45, 7) is 4.50. The number of aromatic nitrogens is 1. The van der Waals surface area contributed by atoms with Crippen LogP contribution in [-0.2, 0) is 20.9 Å². The van der Waals surface area contributed by atoms with Crippen LogP contribution in [0.4, 0.5) is 0 Å². The minimum Gasteiger partial charge on any atom is -0.384 e. The summed E-state index contributed by atoms with van der Waals surface area (Å²) in [6, 6.07) is 0. The zero-order chi connectivity index (χ0) is 17.2. The molecule has 1 aromatic heterocycles. The zero-order valence-corrected chi connectivity index (χ0v) is 15.2. The molecule has 0 aromatic carbocycles. The monoisotopic (exact) mass is 351 g/mol. The van der Waals surface area contributed by atoms with Gasteiger partial charge in [0.15, 0.2) is 0 Å². The van der Waals surface area contributed by atoms with Crippen molar-refractivity contribution in [2.75, 3.05) is 26.8 Å². The van der Waals surface area contributed by atoms with Crippen molar-refractivity contribution in [3.05, 3.63) is 16.1 Å². The third-order valence-corrected chi connectivity index (χ3v) is 6.05. The van der Waals surface area contributed by atoms with Crippen LogP contribution in [0.1, 0.15) is 42.8 Å². The number of carbonyl (C=O) groups excluding carboxylic acids is 2. The average molecular weight is 351 g/mol. The van der Waals surface area contributed by atoms with E-state index in [4.69, 9.17) is 4.74 Å². The summed E-state index contributed by atoms with van der Waals surface area (Å²) in [5.74, 6) is 0.373. The van der Waals surface area contributed by atoms with Gasteiger partial charge in [0.05, 0.1) is 30.3 Å². The number of piperidine rings is 1. The van der Waals surface area contributed by atoms with Gasteiger partial charge in [-0.15, -0.1) is 11.3 Å². The Morgan fingerprint density at radius 2 is 2.12 bits per heavy atom. The van der Waals surface area contributed by atoms with Gasteiger partial charge in [-0.1, -0.05) is 0 Å². The Morgan fingerprint density at radius 3 is 2.75 bits per heavy atom. The van der Waals surface area contributed by atoms with Gasteiger partial charge in [0.1, 0.15) is 0 Å². The van der Waals surface area contributed by atoms with Crippen molar-refractivity contribution < 1.29 is 14.3 Å². The molecule has 3 rings (SSSR count). The molecule has 2 aliphatic rings. The second-order valence-electron chi connectivity index (χ2n) is 6.69. The lowest BCUT2D eigenvalue weighted by Crippen LogP contribution is -2.54. The van der Waals surface area contributed by atoms with Crippen molar-refractivity contribution in [3.63, 3.8) is 0 Å². The van der Waals surface area contributed by atoms with Crippen LogP contribution in [0, 0.1) is 6.92 Å². The van der Waals surface area contributed by atoms with Crippen LogP contribution in [0.2, 0.25) is 0 Å². The van der Waals surface area contributed by atoms with Gasteiger partial charge in [-0.3, -0.25) is 9.59 Å². The summed E-state index contributed by atoms with van der Waals surface area (Å²) < 4.78 is 4.99. The van der Waals surface area contributed by atoms with Crippen LogP contribution in [0.15, 0.2) is 5.38 Å². The number of hydrogen-bond donors (Lipinski definition) is 0. The van der Waals surface area contributed by atoms with Crippen LogP contribution in [0.25, 0.3) is 0 Å². The smallest absolute Gasteiger partial charge is 0.224 e. The number of methoxy groups -OCH3 is 1. The van der Waals surface area contributed by atoms with Crippen molar-refractivity contribution in [3.8, 4) is 0 Å². The van der Waals surface area contributed by atoms with Gasteiger partial charge in [-0.25, -0.2) is 4.98 Å². The number of ether oxygens (including phenoxy) is 1. The molecule has 1 aromatic rings. The van der Waals surface area contributed by atoms with E-state index in [0.717, 1.165) is 43.1 Å². The number of hydrogen-bond acceptors (Lipinski definition) is 5. The van der Waals surface area contributed by atoms with Crippen molar-refractivity contribution >= 4 is 23.2 Å². The number of thiazole rings is 1. The first-order valence-corrected chi connectivity index (χ1v) is 9.40. The van der Waals surface area contributed by atoms with E-state index < -0.39 is 0 Å². The van der Waals surface area contributed by atoms with Gasteiger partial charge in [-0.05, 0) is 26.2 Å². The first-order valence-electron chi connectivity index (χ1n) is 8.52. The lowest BCUT2D eigenvalue weighted by Gasteiger charge is -2.44. The Bertz CT molecular complexity index is 608. The fraction of sp³-hybridized carbons (Fsp3) is 0.706. The molecule has 0 unspecified atom stereocenters. The fourth-order valence-corrected chi connectivity index (χ4v) is 4.42. The van der Waals surface area contributed by atoms with E-state index >= 15 is 0 Å². The van der Waals surface area contributed by atoms with Crippen molar-refractivity contribution in [1.82, 2.24) is 14.8 Å². The van der Waals surface area contributed by atoms with Crippen LogP contribution >= 0.6 is 11.3 Å². The lowest BCUT2D eigenvalue weighted by molar-refractivity contribution is -0.137. The molecular weight excluding hydrogens is 326 g/mol. The molecule has 0 N–H and O–H groups in total. The summed E-state index contributed by atoms with van der Waals surface area (Å²) in [4.78, 5) is 33.0. The normalized spacial score (nSPS) is 20.2. The summed E-state index contributed by atoms with van der Waals surface area (Å²) in [5, 5.41) is 3.07. The van der Waals surface area contributed by atoms with Crippen LogP contribution in [0.5, 0.6) is 0 Å². The quantitative estimate of drug-likeness (QED) is 0.814. The Kier molecular flexibility index (Phi) is 5.20. The van der Waals surface area contributed by atoms with Gasteiger partial charge in [0.2, 0.25) is 11.8 Å². The summed E-state index contributed by atoms with van der Waals surface area (Å²) >= 11 is 1.62. The fourth-order valence-electron chi connectivity index (χ4n) is 3.81. The molecule has 24 heavy (non-hydrogen) atoms. The highest BCUT2D eigenvalue weighted by Crippen LogP contribution is 2.40. The lowest BCUT2D eigenvalue weighted by atomic mass is 9.84. The standard InChI is InChI=1S/C17H25N3O3S/c1-13-18-14(12-24-13)11-20-16(22)3-5-17(20)6-8-19(9-7-17)15(21)4-10-23-2/h12H,3-11H2,1-2H3. The van der Waals surface area contributed by atoms with E-state index in [1.165, 1.54) is 0 Å². The first-order chi connectivity index (χ1) is 11.5. The van der Waals surface area contributed by atoms with Gasteiger partial charge in [0.25, 0.3) is 0 Å². The Labute approximate surface area is 146 Å².